The number of aryl methyl sites for hydroxylation is 1. The lowest BCUT2D eigenvalue weighted by molar-refractivity contribution is -0.120. The molecule has 3 nitrogen and oxygen atoms in total. The minimum absolute atomic E-state index is 0.0638. The summed E-state index contributed by atoms with van der Waals surface area (Å²) >= 11 is 0. The van der Waals surface area contributed by atoms with E-state index in [1.54, 1.807) is 0 Å². The maximum atomic E-state index is 13.5. The van der Waals surface area contributed by atoms with Gasteiger partial charge in [0.05, 0.1) is 5.69 Å². The Labute approximate surface area is 145 Å². The number of carbonyl (C=O) groups excluding carboxylic acids is 1. The Kier molecular flexibility index (Phi) is 5.72. The molecule has 0 atom stereocenters. The van der Waals surface area contributed by atoms with Crippen LogP contribution in [0.5, 0.6) is 0 Å². The second kappa shape index (κ2) is 7.59. The van der Waals surface area contributed by atoms with Gasteiger partial charge in [-0.15, -0.1) is 0 Å². The number of benzene rings is 2. The van der Waals surface area contributed by atoms with E-state index in [4.69, 9.17) is 0 Å². The first kappa shape index (κ1) is 18.8. The van der Waals surface area contributed by atoms with Crippen LogP contribution in [-0.2, 0) is 16.6 Å². The quantitative estimate of drug-likeness (QED) is 0.617. The number of hydrogen-bond donors (Lipinski definition) is 2. The van der Waals surface area contributed by atoms with Crippen molar-refractivity contribution in [3.8, 4) is 0 Å². The Balaban J connectivity index is 1.86. The molecule has 0 spiro atoms. The van der Waals surface area contributed by atoms with Crippen molar-refractivity contribution in [1.82, 2.24) is 5.43 Å². The van der Waals surface area contributed by atoms with Gasteiger partial charge in [0.15, 0.2) is 17.5 Å². The molecule has 0 saturated carbocycles. The van der Waals surface area contributed by atoms with Crippen molar-refractivity contribution in [1.29, 1.82) is 0 Å². The number of rotatable bonds is 5. The third kappa shape index (κ3) is 4.98. The Morgan fingerprint density at radius 2 is 1.60 bits per heavy atom. The molecule has 2 aromatic rings. The predicted octanol–water partition coefficient (Wildman–Crippen LogP) is 4.48. The average Bonchev–Trinajstić information content (AvgIpc) is 2.57. The van der Waals surface area contributed by atoms with E-state index in [0.717, 1.165) is 17.7 Å². The van der Waals surface area contributed by atoms with Crippen molar-refractivity contribution in [3.63, 3.8) is 0 Å². The second-order valence-corrected chi connectivity index (χ2v) is 6.84. The van der Waals surface area contributed by atoms with Gasteiger partial charge in [-0.2, -0.15) is 0 Å². The van der Waals surface area contributed by atoms with Crippen LogP contribution in [0.1, 0.15) is 38.3 Å². The summed E-state index contributed by atoms with van der Waals surface area (Å²) in [6.45, 7) is 6.37. The molecule has 0 bridgehead atoms. The molecule has 2 N–H and O–H groups in total. The van der Waals surface area contributed by atoms with Gasteiger partial charge in [0, 0.05) is 6.42 Å². The van der Waals surface area contributed by atoms with Gasteiger partial charge in [0.25, 0.3) is 0 Å². The highest BCUT2D eigenvalue weighted by Crippen LogP contribution is 2.22. The van der Waals surface area contributed by atoms with Gasteiger partial charge in [-0.25, -0.2) is 13.2 Å². The number of halogens is 3. The molecule has 0 unspecified atom stereocenters. The van der Waals surface area contributed by atoms with Gasteiger partial charge in [0.1, 0.15) is 0 Å². The number of hydrogen-bond acceptors (Lipinski definition) is 2. The minimum atomic E-state index is -1.59. The molecule has 2 rings (SSSR count). The lowest BCUT2D eigenvalue weighted by Gasteiger charge is -2.19. The SMILES string of the molecule is CC(C)(C)c1ccc(CCC(=O)NNc2ccc(F)c(F)c2F)cc1. The van der Waals surface area contributed by atoms with Crippen molar-refractivity contribution in [2.75, 3.05) is 5.43 Å². The van der Waals surface area contributed by atoms with E-state index in [1.807, 2.05) is 24.3 Å². The van der Waals surface area contributed by atoms with E-state index in [2.05, 4.69) is 31.6 Å². The standard InChI is InChI=1S/C19H21F3N2O/c1-19(2,3)13-7-4-12(5-8-13)6-11-16(25)24-23-15-10-9-14(20)17(21)18(15)22/h4-5,7-10,23H,6,11H2,1-3H3,(H,24,25). The van der Waals surface area contributed by atoms with E-state index in [0.29, 0.717) is 6.42 Å². The third-order valence-electron chi connectivity index (χ3n) is 3.83. The largest absolute Gasteiger partial charge is 0.296 e. The summed E-state index contributed by atoms with van der Waals surface area (Å²) in [5.74, 6) is -4.63. The molecule has 0 radical (unpaired) electrons. The molecule has 0 saturated heterocycles. The lowest BCUT2D eigenvalue weighted by Crippen LogP contribution is -2.30. The van der Waals surface area contributed by atoms with E-state index < -0.39 is 17.5 Å². The first-order valence-electron chi connectivity index (χ1n) is 7.96. The molecule has 0 aliphatic carbocycles. The molecule has 0 fully saturated rings. The summed E-state index contributed by atoms with van der Waals surface area (Å²) in [4.78, 5) is 11.8. The monoisotopic (exact) mass is 350 g/mol. The summed E-state index contributed by atoms with van der Waals surface area (Å²) in [6, 6.07) is 9.79. The lowest BCUT2D eigenvalue weighted by atomic mass is 9.86. The summed E-state index contributed by atoms with van der Waals surface area (Å²) in [5.41, 5.74) is 6.48. The van der Waals surface area contributed by atoms with Crippen molar-refractivity contribution in [2.45, 2.75) is 39.0 Å². The van der Waals surface area contributed by atoms with Gasteiger partial charge in [0.2, 0.25) is 5.91 Å². The van der Waals surface area contributed by atoms with Crippen LogP contribution in [-0.4, -0.2) is 5.91 Å². The fourth-order valence-electron chi connectivity index (χ4n) is 2.25. The molecular formula is C19H21F3N2O. The van der Waals surface area contributed by atoms with Crippen LogP contribution in [0.4, 0.5) is 18.9 Å². The molecule has 0 heterocycles. The number of nitrogens with one attached hydrogen (secondary N) is 2. The topological polar surface area (TPSA) is 41.1 Å². The van der Waals surface area contributed by atoms with Crippen LogP contribution in [0, 0.1) is 17.5 Å². The van der Waals surface area contributed by atoms with Gasteiger partial charge in [-0.05, 0) is 35.1 Å². The summed E-state index contributed by atoms with van der Waals surface area (Å²) < 4.78 is 39.4. The molecular weight excluding hydrogens is 329 g/mol. The van der Waals surface area contributed by atoms with Gasteiger partial charge in [-0.3, -0.25) is 15.6 Å². The highest BCUT2D eigenvalue weighted by atomic mass is 19.2. The van der Waals surface area contributed by atoms with E-state index in [-0.39, 0.29) is 23.4 Å². The zero-order chi connectivity index (χ0) is 18.6. The van der Waals surface area contributed by atoms with Gasteiger partial charge >= 0.3 is 0 Å². The molecule has 0 aliphatic rings. The maximum Gasteiger partial charge on any atom is 0.238 e. The number of carbonyl (C=O) groups is 1. The van der Waals surface area contributed by atoms with Crippen molar-refractivity contribution >= 4 is 11.6 Å². The molecule has 2 aromatic carbocycles. The summed E-state index contributed by atoms with van der Waals surface area (Å²) in [6.07, 6.45) is 0.686. The third-order valence-corrected chi connectivity index (χ3v) is 3.83. The van der Waals surface area contributed by atoms with Crippen molar-refractivity contribution in [3.05, 3.63) is 65.0 Å². The minimum Gasteiger partial charge on any atom is -0.296 e. The summed E-state index contributed by atoms with van der Waals surface area (Å²) in [7, 11) is 0. The predicted molar refractivity (Wildman–Crippen MR) is 91.5 cm³/mol. The van der Waals surface area contributed by atoms with Crippen LogP contribution in [0.25, 0.3) is 0 Å². The smallest absolute Gasteiger partial charge is 0.238 e. The van der Waals surface area contributed by atoms with Crippen LogP contribution < -0.4 is 10.9 Å². The van der Waals surface area contributed by atoms with Crippen LogP contribution in [0.15, 0.2) is 36.4 Å². The van der Waals surface area contributed by atoms with Gasteiger partial charge < -0.3 is 0 Å². The zero-order valence-electron chi connectivity index (χ0n) is 14.4. The Morgan fingerprint density at radius 1 is 0.960 bits per heavy atom. The summed E-state index contributed by atoms with van der Waals surface area (Å²) in [5, 5.41) is 0. The van der Waals surface area contributed by atoms with E-state index in [1.165, 1.54) is 5.56 Å². The number of hydrazine groups is 1. The number of amides is 1. The molecule has 1 amide bonds. The van der Waals surface area contributed by atoms with Crippen molar-refractivity contribution in [2.24, 2.45) is 0 Å². The fourth-order valence-corrected chi connectivity index (χ4v) is 2.25. The Hall–Kier alpha value is -2.50. The molecule has 6 heteroatoms. The van der Waals surface area contributed by atoms with E-state index in [9.17, 15) is 18.0 Å². The van der Waals surface area contributed by atoms with Gasteiger partial charge in [-0.1, -0.05) is 45.0 Å². The Morgan fingerprint density at radius 3 is 2.20 bits per heavy atom. The van der Waals surface area contributed by atoms with Crippen LogP contribution >= 0.6 is 0 Å². The highest BCUT2D eigenvalue weighted by molar-refractivity contribution is 5.77. The van der Waals surface area contributed by atoms with Crippen molar-refractivity contribution < 1.29 is 18.0 Å². The maximum absolute atomic E-state index is 13.5. The molecule has 0 aromatic heterocycles. The fraction of sp³-hybridized carbons (Fsp3) is 0.316. The van der Waals surface area contributed by atoms with Crippen LogP contribution in [0.2, 0.25) is 0 Å². The van der Waals surface area contributed by atoms with E-state index >= 15 is 0 Å². The zero-order valence-corrected chi connectivity index (χ0v) is 14.4. The Bertz CT molecular complexity index is 752. The molecule has 134 valence electrons. The average molecular weight is 350 g/mol. The highest BCUT2D eigenvalue weighted by Gasteiger charge is 2.14. The molecule has 25 heavy (non-hydrogen) atoms. The second-order valence-electron chi connectivity index (χ2n) is 6.84. The number of anilines is 1. The first-order valence-corrected chi connectivity index (χ1v) is 7.96. The first-order chi connectivity index (χ1) is 11.7. The normalized spacial score (nSPS) is 11.3. The van der Waals surface area contributed by atoms with Crippen LogP contribution in [0.3, 0.4) is 0 Å². The molecule has 0 aliphatic heterocycles.